The summed E-state index contributed by atoms with van der Waals surface area (Å²) in [5.74, 6) is 0.323. The van der Waals surface area contributed by atoms with E-state index in [0.29, 0.717) is 18.9 Å². The Balaban J connectivity index is 1.61. The Kier molecular flexibility index (Phi) is 4.26. The molecule has 2 aromatic carbocycles. The number of hydrogen-bond acceptors (Lipinski definition) is 2. The Morgan fingerprint density at radius 1 is 1.00 bits per heavy atom. The largest absolute Gasteiger partial charge is 0.351 e. The third-order valence-corrected chi connectivity index (χ3v) is 5.37. The first-order valence-corrected chi connectivity index (χ1v) is 8.90. The van der Waals surface area contributed by atoms with Gasteiger partial charge < -0.3 is 10.2 Å². The number of benzene rings is 2. The molecule has 0 aliphatic carbocycles. The number of carbonyl (C=O) groups excluding carboxylic acids is 2. The van der Waals surface area contributed by atoms with Gasteiger partial charge in [0.2, 0.25) is 11.8 Å². The summed E-state index contributed by atoms with van der Waals surface area (Å²) in [6.45, 7) is 1.34. The molecule has 2 amide bonds. The predicted octanol–water partition coefficient (Wildman–Crippen LogP) is 2.56. The van der Waals surface area contributed by atoms with Crippen LogP contribution in [0.4, 0.5) is 0 Å². The summed E-state index contributed by atoms with van der Waals surface area (Å²) in [4.78, 5) is 27.0. The van der Waals surface area contributed by atoms with Gasteiger partial charge in [0, 0.05) is 25.6 Å². The molecule has 0 spiro atoms. The fourth-order valence-electron chi connectivity index (χ4n) is 4.06. The highest BCUT2D eigenvalue weighted by atomic mass is 16.2. The number of carbonyl (C=O) groups is 2. The molecular weight excluding hydrogens is 312 g/mol. The van der Waals surface area contributed by atoms with E-state index < -0.39 is 0 Å². The molecule has 2 fully saturated rings. The van der Waals surface area contributed by atoms with Gasteiger partial charge in [-0.25, -0.2) is 0 Å². The number of hydrogen-bond donors (Lipinski definition) is 1. The van der Waals surface area contributed by atoms with Crippen molar-refractivity contribution in [3.63, 3.8) is 0 Å². The van der Waals surface area contributed by atoms with Crippen LogP contribution in [0.2, 0.25) is 0 Å². The maximum atomic E-state index is 13.4. The van der Waals surface area contributed by atoms with E-state index >= 15 is 0 Å². The van der Waals surface area contributed by atoms with Gasteiger partial charge in [-0.1, -0.05) is 60.7 Å². The molecular formula is C21H22N2O2. The van der Waals surface area contributed by atoms with Crippen molar-refractivity contribution in [3.05, 3.63) is 71.8 Å². The molecule has 2 saturated heterocycles. The van der Waals surface area contributed by atoms with Gasteiger partial charge in [-0.3, -0.25) is 9.59 Å². The average molecular weight is 334 g/mol. The molecule has 2 atom stereocenters. The summed E-state index contributed by atoms with van der Waals surface area (Å²) < 4.78 is 0. The van der Waals surface area contributed by atoms with Crippen molar-refractivity contribution in [2.24, 2.45) is 5.92 Å². The first kappa shape index (κ1) is 15.9. The Bertz CT molecular complexity index is 720. The molecule has 128 valence electrons. The molecule has 4 heteroatoms. The van der Waals surface area contributed by atoms with Crippen LogP contribution in [0.1, 0.15) is 29.9 Å². The molecule has 0 bridgehead atoms. The number of fused-ring (bicyclic) bond motifs is 1. The summed E-state index contributed by atoms with van der Waals surface area (Å²) in [7, 11) is 0. The van der Waals surface area contributed by atoms with Crippen LogP contribution in [0.25, 0.3) is 0 Å². The molecule has 2 aromatic rings. The van der Waals surface area contributed by atoms with Crippen molar-refractivity contribution in [1.29, 1.82) is 0 Å². The van der Waals surface area contributed by atoms with E-state index in [1.54, 1.807) is 0 Å². The van der Waals surface area contributed by atoms with Crippen molar-refractivity contribution in [1.82, 2.24) is 10.2 Å². The first-order valence-electron chi connectivity index (χ1n) is 8.90. The summed E-state index contributed by atoms with van der Waals surface area (Å²) in [6, 6.07) is 20.0. The van der Waals surface area contributed by atoms with Crippen molar-refractivity contribution >= 4 is 11.8 Å². The zero-order chi connectivity index (χ0) is 17.2. The Hall–Kier alpha value is -2.62. The molecule has 0 radical (unpaired) electrons. The SMILES string of the molecule is O=C1C[C@H]2CCN(C(=O)C(c3ccccc3)c3ccccc3)C[C@H]2N1. The summed E-state index contributed by atoms with van der Waals surface area (Å²) >= 11 is 0. The fraction of sp³-hybridized carbons (Fsp3) is 0.333. The number of likely N-dealkylation sites (tertiary alicyclic amines) is 1. The number of nitrogens with zero attached hydrogens (tertiary/aromatic N) is 1. The normalized spacial score (nSPS) is 22.6. The third kappa shape index (κ3) is 3.16. The highest BCUT2D eigenvalue weighted by Gasteiger charge is 2.39. The number of amides is 2. The summed E-state index contributed by atoms with van der Waals surface area (Å²) in [6.07, 6.45) is 1.50. The second-order valence-electron chi connectivity index (χ2n) is 6.97. The van der Waals surface area contributed by atoms with Gasteiger partial charge >= 0.3 is 0 Å². The van der Waals surface area contributed by atoms with E-state index in [0.717, 1.165) is 24.1 Å². The van der Waals surface area contributed by atoms with Crippen molar-refractivity contribution in [2.75, 3.05) is 13.1 Å². The van der Waals surface area contributed by atoms with Crippen molar-refractivity contribution < 1.29 is 9.59 Å². The van der Waals surface area contributed by atoms with Crippen LogP contribution in [0.5, 0.6) is 0 Å². The second kappa shape index (κ2) is 6.71. The van der Waals surface area contributed by atoms with E-state index in [1.165, 1.54) is 0 Å². The second-order valence-corrected chi connectivity index (χ2v) is 6.97. The van der Waals surface area contributed by atoms with Crippen molar-refractivity contribution in [2.45, 2.75) is 24.8 Å². The van der Waals surface area contributed by atoms with E-state index in [-0.39, 0.29) is 23.8 Å². The van der Waals surface area contributed by atoms with Crippen LogP contribution in [0, 0.1) is 5.92 Å². The van der Waals surface area contributed by atoms with E-state index in [2.05, 4.69) is 5.32 Å². The molecule has 0 saturated carbocycles. The molecule has 0 unspecified atom stereocenters. The minimum Gasteiger partial charge on any atom is -0.351 e. The Morgan fingerprint density at radius 3 is 2.20 bits per heavy atom. The zero-order valence-electron chi connectivity index (χ0n) is 14.1. The van der Waals surface area contributed by atoms with Crippen LogP contribution in [0.3, 0.4) is 0 Å². The van der Waals surface area contributed by atoms with Gasteiger partial charge in [-0.15, -0.1) is 0 Å². The lowest BCUT2D eigenvalue weighted by atomic mass is 9.87. The third-order valence-electron chi connectivity index (χ3n) is 5.37. The lowest BCUT2D eigenvalue weighted by Gasteiger charge is -2.36. The smallest absolute Gasteiger partial charge is 0.234 e. The number of rotatable bonds is 3. The predicted molar refractivity (Wildman–Crippen MR) is 96.0 cm³/mol. The minimum atomic E-state index is -0.295. The highest BCUT2D eigenvalue weighted by Crippen LogP contribution is 2.31. The maximum Gasteiger partial charge on any atom is 0.234 e. The number of nitrogens with one attached hydrogen (secondary N) is 1. The van der Waals surface area contributed by atoms with E-state index in [1.807, 2.05) is 65.6 Å². The van der Waals surface area contributed by atoms with Crippen LogP contribution in [-0.4, -0.2) is 35.8 Å². The molecule has 0 aromatic heterocycles. The quantitative estimate of drug-likeness (QED) is 0.938. The molecule has 4 nitrogen and oxygen atoms in total. The average Bonchev–Trinajstić information content (AvgIpc) is 3.03. The molecule has 4 rings (SSSR count). The topological polar surface area (TPSA) is 49.4 Å². The van der Waals surface area contributed by atoms with Gasteiger partial charge in [0.15, 0.2) is 0 Å². The van der Waals surface area contributed by atoms with E-state index in [9.17, 15) is 9.59 Å². The number of piperidine rings is 1. The summed E-state index contributed by atoms with van der Waals surface area (Å²) in [5.41, 5.74) is 2.02. The highest BCUT2D eigenvalue weighted by molar-refractivity contribution is 5.87. The van der Waals surface area contributed by atoms with Crippen LogP contribution in [-0.2, 0) is 9.59 Å². The van der Waals surface area contributed by atoms with Crippen LogP contribution in [0.15, 0.2) is 60.7 Å². The van der Waals surface area contributed by atoms with Gasteiger partial charge in [-0.05, 0) is 23.5 Å². The standard InChI is InChI=1S/C21H22N2O2/c24-19-13-17-11-12-23(14-18(17)22-19)21(25)20(15-7-3-1-4-8-15)16-9-5-2-6-10-16/h1-10,17-18,20H,11-14H2,(H,22,24)/t17-,18-/m1/s1. The molecule has 1 N–H and O–H groups in total. The molecule has 25 heavy (non-hydrogen) atoms. The summed E-state index contributed by atoms with van der Waals surface area (Å²) in [5, 5.41) is 3.03. The van der Waals surface area contributed by atoms with Crippen LogP contribution >= 0.6 is 0 Å². The monoisotopic (exact) mass is 334 g/mol. The Labute approximate surface area is 147 Å². The van der Waals surface area contributed by atoms with Gasteiger partial charge in [-0.2, -0.15) is 0 Å². The van der Waals surface area contributed by atoms with Gasteiger partial charge in [0.1, 0.15) is 0 Å². The lowest BCUT2D eigenvalue weighted by Crippen LogP contribution is -2.50. The molecule has 2 aliphatic rings. The van der Waals surface area contributed by atoms with Gasteiger partial charge in [0.25, 0.3) is 0 Å². The fourth-order valence-corrected chi connectivity index (χ4v) is 4.06. The van der Waals surface area contributed by atoms with Gasteiger partial charge in [0.05, 0.1) is 5.92 Å². The van der Waals surface area contributed by atoms with Crippen molar-refractivity contribution in [3.8, 4) is 0 Å². The van der Waals surface area contributed by atoms with Crippen LogP contribution < -0.4 is 5.32 Å². The zero-order valence-corrected chi connectivity index (χ0v) is 14.1. The first-order chi connectivity index (χ1) is 12.2. The molecule has 2 heterocycles. The lowest BCUT2D eigenvalue weighted by molar-refractivity contribution is -0.133. The van der Waals surface area contributed by atoms with E-state index in [4.69, 9.17) is 0 Å². The maximum absolute atomic E-state index is 13.4. The molecule has 2 aliphatic heterocycles. The Morgan fingerprint density at radius 2 is 1.60 bits per heavy atom. The minimum absolute atomic E-state index is 0.109.